The minimum absolute atomic E-state index is 0.264. The Labute approximate surface area is 74.9 Å². The van der Waals surface area contributed by atoms with Crippen LogP contribution in [0.1, 0.15) is 40.0 Å². The summed E-state index contributed by atoms with van der Waals surface area (Å²) < 4.78 is 0. The summed E-state index contributed by atoms with van der Waals surface area (Å²) in [6, 6.07) is 0. The van der Waals surface area contributed by atoms with Crippen LogP contribution in [0.15, 0.2) is 12.2 Å². The number of Topliss-reactive ketones (excluding diaryl/α,β-unsaturated/α-hetero) is 1. The number of allylic oxidation sites excluding steroid dienone is 2. The van der Waals surface area contributed by atoms with Gasteiger partial charge in [-0.1, -0.05) is 26.0 Å². The average Bonchev–Trinajstić information content (AvgIpc) is 1.98. The van der Waals surface area contributed by atoms with Gasteiger partial charge in [-0.25, -0.2) is 0 Å². The van der Waals surface area contributed by atoms with E-state index in [1.807, 2.05) is 13.8 Å². The van der Waals surface area contributed by atoms with E-state index < -0.39 is 0 Å². The largest absolute Gasteiger partial charge is 0.299 e. The van der Waals surface area contributed by atoms with E-state index in [1.165, 1.54) is 0 Å². The molecule has 1 fully saturated rings. The van der Waals surface area contributed by atoms with Gasteiger partial charge in [0.25, 0.3) is 0 Å². The number of rotatable bonds is 1. The van der Waals surface area contributed by atoms with Gasteiger partial charge in [0.2, 0.25) is 0 Å². The van der Waals surface area contributed by atoms with E-state index in [0.29, 0.717) is 5.78 Å². The van der Waals surface area contributed by atoms with Crippen LogP contribution in [0.3, 0.4) is 0 Å². The van der Waals surface area contributed by atoms with Crippen LogP contribution >= 0.6 is 0 Å². The van der Waals surface area contributed by atoms with Crippen molar-refractivity contribution in [2.75, 3.05) is 0 Å². The highest BCUT2D eigenvalue weighted by atomic mass is 16.1. The van der Waals surface area contributed by atoms with Crippen LogP contribution in [-0.4, -0.2) is 5.78 Å². The fourth-order valence-corrected chi connectivity index (χ4v) is 2.12. The molecule has 0 aromatic heterocycles. The molecule has 2 unspecified atom stereocenters. The van der Waals surface area contributed by atoms with Crippen LogP contribution in [0.2, 0.25) is 0 Å². The van der Waals surface area contributed by atoms with Crippen molar-refractivity contribution < 1.29 is 4.79 Å². The molecule has 0 saturated heterocycles. The molecule has 0 bridgehead atoms. The number of ketones is 1. The van der Waals surface area contributed by atoms with Crippen LogP contribution in [0.25, 0.3) is 0 Å². The first-order valence-corrected chi connectivity index (χ1v) is 4.74. The number of hydrogen-bond donors (Lipinski definition) is 0. The molecule has 68 valence electrons. The number of carbonyl (C=O) groups is 1. The molecular weight excluding hydrogens is 148 g/mol. The standard InChI is InChI=1S/C11H18O/c1-4-6-11(3)7-5-10(12)9(2)8-11/h4,6,9H,5,7-8H2,1-3H3/b6-4+. The average molecular weight is 166 g/mol. The zero-order chi connectivity index (χ0) is 9.19. The predicted octanol–water partition coefficient (Wildman–Crippen LogP) is 2.96. The Bertz CT molecular complexity index is 205. The molecule has 2 atom stereocenters. The molecule has 0 heterocycles. The summed E-state index contributed by atoms with van der Waals surface area (Å²) in [5.74, 6) is 0.705. The monoisotopic (exact) mass is 166 g/mol. The van der Waals surface area contributed by atoms with Gasteiger partial charge in [-0.15, -0.1) is 0 Å². The Kier molecular flexibility index (Phi) is 2.71. The van der Waals surface area contributed by atoms with Gasteiger partial charge in [-0.05, 0) is 25.2 Å². The Hall–Kier alpha value is -0.590. The van der Waals surface area contributed by atoms with Gasteiger partial charge in [0, 0.05) is 12.3 Å². The molecular formula is C11H18O. The molecule has 1 rings (SSSR count). The molecule has 1 aliphatic carbocycles. The smallest absolute Gasteiger partial charge is 0.135 e. The highest BCUT2D eigenvalue weighted by molar-refractivity contribution is 5.81. The van der Waals surface area contributed by atoms with Crippen LogP contribution in [-0.2, 0) is 4.79 Å². The van der Waals surface area contributed by atoms with Crippen molar-refractivity contribution in [2.45, 2.75) is 40.0 Å². The van der Waals surface area contributed by atoms with Crippen molar-refractivity contribution in [3.05, 3.63) is 12.2 Å². The topological polar surface area (TPSA) is 17.1 Å². The van der Waals surface area contributed by atoms with Gasteiger partial charge in [0.1, 0.15) is 5.78 Å². The lowest BCUT2D eigenvalue weighted by atomic mass is 9.71. The molecule has 0 aliphatic heterocycles. The van der Waals surface area contributed by atoms with Gasteiger partial charge in [-0.3, -0.25) is 4.79 Å². The first kappa shape index (κ1) is 9.50. The van der Waals surface area contributed by atoms with E-state index in [1.54, 1.807) is 0 Å². The van der Waals surface area contributed by atoms with Crippen LogP contribution in [0.4, 0.5) is 0 Å². The summed E-state index contributed by atoms with van der Waals surface area (Å²) in [7, 11) is 0. The first-order chi connectivity index (χ1) is 5.57. The third kappa shape index (κ3) is 1.96. The minimum Gasteiger partial charge on any atom is -0.299 e. The van der Waals surface area contributed by atoms with E-state index in [-0.39, 0.29) is 11.3 Å². The molecule has 1 aliphatic rings. The maximum absolute atomic E-state index is 11.3. The van der Waals surface area contributed by atoms with Gasteiger partial charge >= 0.3 is 0 Å². The Morgan fingerprint density at radius 1 is 1.58 bits per heavy atom. The second-order valence-electron chi connectivity index (χ2n) is 4.23. The molecule has 12 heavy (non-hydrogen) atoms. The van der Waals surface area contributed by atoms with Crippen molar-refractivity contribution in [1.82, 2.24) is 0 Å². The quantitative estimate of drug-likeness (QED) is 0.547. The molecule has 1 heteroatoms. The van der Waals surface area contributed by atoms with E-state index in [9.17, 15) is 4.79 Å². The molecule has 0 aromatic carbocycles. The summed E-state index contributed by atoms with van der Waals surface area (Å²) in [5, 5.41) is 0. The maximum Gasteiger partial charge on any atom is 0.135 e. The Morgan fingerprint density at radius 3 is 2.75 bits per heavy atom. The van der Waals surface area contributed by atoms with Gasteiger partial charge in [0.15, 0.2) is 0 Å². The lowest BCUT2D eigenvalue weighted by Gasteiger charge is -2.33. The second-order valence-corrected chi connectivity index (χ2v) is 4.23. The molecule has 0 amide bonds. The zero-order valence-electron chi connectivity index (χ0n) is 8.26. The van der Waals surface area contributed by atoms with Crippen LogP contribution < -0.4 is 0 Å². The van der Waals surface area contributed by atoms with Gasteiger partial charge < -0.3 is 0 Å². The fraction of sp³-hybridized carbons (Fsp3) is 0.727. The van der Waals surface area contributed by atoms with E-state index >= 15 is 0 Å². The lowest BCUT2D eigenvalue weighted by Crippen LogP contribution is -2.28. The van der Waals surface area contributed by atoms with Gasteiger partial charge in [-0.2, -0.15) is 0 Å². The van der Waals surface area contributed by atoms with Crippen molar-refractivity contribution in [1.29, 1.82) is 0 Å². The molecule has 1 nitrogen and oxygen atoms in total. The molecule has 0 radical (unpaired) electrons. The Morgan fingerprint density at radius 2 is 2.25 bits per heavy atom. The summed E-state index contributed by atoms with van der Waals surface area (Å²) in [6.07, 6.45) is 7.16. The highest BCUT2D eigenvalue weighted by Crippen LogP contribution is 2.38. The lowest BCUT2D eigenvalue weighted by molar-refractivity contribution is -0.125. The van der Waals surface area contributed by atoms with Gasteiger partial charge in [0.05, 0.1) is 0 Å². The number of hydrogen-bond acceptors (Lipinski definition) is 1. The van der Waals surface area contributed by atoms with Crippen molar-refractivity contribution in [3.63, 3.8) is 0 Å². The normalized spacial score (nSPS) is 37.6. The summed E-state index contributed by atoms with van der Waals surface area (Å²) >= 11 is 0. The van der Waals surface area contributed by atoms with Crippen LogP contribution in [0, 0.1) is 11.3 Å². The van der Waals surface area contributed by atoms with Crippen molar-refractivity contribution in [2.24, 2.45) is 11.3 Å². The first-order valence-electron chi connectivity index (χ1n) is 4.74. The van der Waals surface area contributed by atoms with Crippen molar-refractivity contribution in [3.8, 4) is 0 Å². The summed E-state index contributed by atoms with van der Waals surface area (Å²) in [6.45, 7) is 6.34. The Balaban J connectivity index is 2.66. The molecule has 0 spiro atoms. The minimum atomic E-state index is 0.264. The zero-order valence-corrected chi connectivity index (χ0v) is 8.26. The van der Waals surface area contributed by atoms with Crippen molar-refractivity contribution >= 4 is 5.78 Å². The maximum atomic E-state index is 11.3. The fourth-order valence-electron chi connectivity index (χ4n) is 2.12. The van der Waals surface area contributed by atoms with E-state index in [4.69, 9.17) is 0 Å². The highest BCUT2D eigenvalue weighted by Gasteiger charge is 2.32. The SMILES string of the molecule is C/C=C/C1(C)CCC(=O)C(C)C1. The molecule has 1 saturated carbocycles. The van der Waals surface area contributed by atoms with E-state index in [0.717, 1.165) is 19.3 Å². The summed E-state index contributed by atoms with van der Waals surface area (Å²) in [5.41, 5.74) is 0.280. The molecule has 0 N–H and O–H groups in total. The second kappa shape index (κ2) is 3.42. The molecule has 0 aromatic rings. The van der Waals surface area contributed by atoms with Crippen LogP contribution in [0.5, 0.6) is 0 Å². The third-order valence-corrected chi connectivity index (χ3v) is 2.83. The summed E-state index contributed by atoms with van der Waals surface area (Å²) in [4.78, 5) is 11.3. The third-order valence-electron chi connectivity index (χ3n) is 2.83. The predicted molar refractivity (Wildman–Crippen MR) is 50.9 cm³/mol. The van der Waals surface area contributed by atoms with E-state index in [2.05, 4.69) is 19.1 Å². The number of carbonyl (C=O) groups excluding carboxylic acids is 1.